The average molecular weight is 322 g/mol. The van der Waals surface area contributed by atoms with Crippen molar-refractivity contribution in [1.82, 2.24) is 4.98 Å². The van der Waals surface area contributed by atoms with E-state index >= 15 is 0 Å². The van der Waals surface area contributed by atoms with Gasteiger partial charge >= 0.3 is 0 Å². The fourth-order valence-electron chi connectivity index (χ4n) is 2.47. The van der Waals surface area contributed by atoms with Crippen LogP contribution >= 0.6 is 22.9 Å². The number of hydrogen-bond acceptors (Lipinski definition) is 5. The molecule has 0 amide bonds. The molecular formula is C15H14ClN2O2S-. The highest BCUT2D eigenvalue weighted by Gasteiger charge is 2.22. The number of thiazole rings is 1. The van der Waals surface area contributed by atoms with Gasteiger partial charge in [0.15, 0.2) is 5.13 Å². The van der Waals surface area contributed by atoms with Crippen LogP contribution in [0.15, 0.2) is 29.6 Å². The second-order valence-electron chi connectivity index (χ2n) is 5.10. The van der Waals surface area contributed by atoms with Crippen LogP contribution < -0.4 is 10.0 Å². The maximum atomic E-state index is 10.9. The molecule has 0 unspecified atom stereocenters. The third-order valence-electron chi connectivity index (χ3n) is 3.73. The van der Waals surface area contributed by atoms with Gasteiger partial charge in [0.25, 0.3) is 0 Å². The highest BCUT2D eigenvalue weighted by molar-refractivity contribution is 7.14. The second kappa shape index (κ2) is 6.03. The first-order chi connectivity index (χ1) is 10.1. The number of carboxylic acids is 1. The van der Waals surface area contributed by atoms with Crippen molar-refractivity contribution >= 4 is 34.0 Å². The largest absolute Gasteiger partial charge is 0.550 e. The van der Waals surface area contributed by atoms with Crippen LogP contribution in [0.2, 0.25) is 5.02 Å². The zero-order valence-corrected chi connectivity index (χ0v) is 12.9. The topological polar surface area (TPSA) is 56.3 Å². The molecule has 0 aliphatic carbocycles. The Bertz CT molecular complexity index is 633. The summed E-state index contributed by atoms with van der Waals surface area (Å²) < 4.78 is 0. The highest BCUT2D eigenvalue weighted by Crippen LogP contribution is 2.30. The molecule has 21 heavy (non-hydrogen) atoms. The van der Waals surface area contributed by atoms with Gasteiger partial charge in [0.05, 0.1) is 5.69 Å². The van der Waals surface area contributed by atoms with Gasteiger partial charge in [-0.15, -0.1) is 11.3 Å². The van der Waals surface area contributed by atoms with Gasteiger partial charge in [0.2, 0.25) is 0 Å². The summed E-state index contributed by atoms with van der Waals surface area (Å²) in [5.41, 5.74) is 1.96. The smallest absolute Gasteiger partial charge is 0.185 e. The molecule has 1 aromatic heterocycles. The van der Waals surface area contributed by atoms with Crippen molar-refractivity contribution in [3.8, 4) is 11.3 Å². The molecule has 1 aliphatic heterocycles. The van der Waals surface area contributed by atoms with Gasteiger partial charge in [-0.1, -0.05) is 23.7 Å². The third-order valence-corrected chi connectivity index (χ3v) is 4.88. The van der Waals surface area contributed by atoms with Crippen molar-refractivity contribution in [2.24, 2.45) is 5.92 Å². The summed E-state index contributed by atoms with van der Waals surface area (Å²) in [6, 6.07) is 7.59. The lowest BCUT2D eigenvalue weighted by molar-refractivity contribution is -0.312. The summed E-state index contributed by atoms with van der Waals surface area (Å²) in [6.45, 7) is 1.43. The summed E-state index contributed by atoms with van der Waals surface area (Å²) in [6.07, 6.45) is 1.25. The van der Waals surface area contributed by atoms with Gasteiger partial charge in [-0.2, -0.15) is 0 Å². The monoisotopic (exact) mass is 321 g/mol. The van der Waals surface area contributed by atoms with E-state index in [1.54, 1.807) is 11.3 Å². The number of anilines is 1. The predicted molar refractivity (Wildman–Crippen MR) is 82.5 cm³/mol. The van der Waals surface area contributed by atoms with E-state index in [0.717, 1.165) is 16.4 Å². The molecule has 2 heterocycles. The van der Waals surface area contributed by atoms with Crippen LogP contribution in [0, 0.1) is 5.92 Å². The number of benzene rings is 1. The van der Waals surface area contributed by atoms with Crippen LogP contribution in [0.4, 0.5) is 5.13 Å². The normalized spacial score (nSPS) is 16.1. The zero-order chi connectivity index (χ0) is 14.8. The number of piperidine rings is 1. The number of carbonyl (C=O) groups is 1. The van der Waals surface area contributed by atoms with E-state index in [9.17, 15) is 9.90 Å². The lowest BCUT2D eigenvalue weighted by Crippen LogP contribution is -2.41. The van der Waals surface area contributed by atoms with Crippen molar-refractivity contribution in [2.75, 3.05) is 18.0 Å². The van der Waals surface area contributed by atoms with Crippen LogP contribution in [-0.2, 0) is 4.79 Å². The van der Waals surface area contributed by atoms with E-state index in [1.807, 2.05) is 29.6 Å². The summed E-state index contributed by atoms with van der Waals surface area (Å²) in [5.74, 6) is -1.26. The molecule has 0 saturated carbocycles. The van der Waals surface area contributed by atoms with Gasteiger partial charge in [0, 0.05) is 40.9 Å². The van der Waals surface area contributed by atoms with E-state index in [4.69, 9.17) is 11.6 Å². The molecule has 0 bridgehead atoms. The summed E-state index contributed by atoms with van der Waals surface area (Å²) in [5, 5.41) is 14.5. The SMILES string of the molecule is O=C([O-])C1CCN(c2nc(-c3ccc(Cl)cc3)cs2)CC1. The Balaban J connectivity index is 1.71. The molecule has 2 aromatic rings. The van der Waals surface area contributed by atoms with E-state index in [-0.39, 0.29) is 5.92 Å². The number of hydrogen-bond donors (Lipinski definition) is 0. The maximum Gasteiger partial charge on any atom is 0.185 e. The Morgan fingerprint density at radius 3 is 2.57 bits per heavy atom. The van der Waals surface area contributed by atoms with E-state index < -0.39 is 5.97 Å². The summed E-state index contributed by atoms with van der Waals surface area (Å²) in [4.78, 5) is 17.6. The quantitative estimate of drug-likeness (QED) is 0.871. The molecule has 1 aromatic carbocycles. The minimum absolute atomic E-state index is 0.322. The van der Waals surface area contributed by atoms with Crippen molar-refractivity contribution in [1.29, 1.82) is 0 Å². The molecule has 1 saturated heterocycles. The second-order valence-corrected chi connectivity index (χ2v) is 6.38. The Labute approximate surface area is 132 Å². The van der Waals surface area contributed by atoms with Crippen molar-refractivity contribution in [3.05, 3.63) is 34.7 Å². The molecule has 1 fully saturated rings. The molecule has 0 atom stereocenters. The number of nitrogens with zero attached hydrogens (tertiary/aromatic N) is 2. The lowest BCUT2D eigenvalue weighted by Gasteiger charge is -2.32. The Morgan fingerprint density at radius 1 is 1.29 bits per heavy atom. The highest BCUT2D eigenvalue weighted by atomic mass is 35.5. The first-order valence-electron chi connectivity index (χ1n) is 6.81. The predicted octanol–water partition coefficient (Wildman–Crippen LogP) is 2.43. The lowest BCUT2D eigenvalue weighted by atomic mass is 9.98. The number of aromatic nitrogens is 1. The Kier molecular flexibility index (Phi) is 4.12. The zero-order valence-electron chi connectivity index (χ0n) is 11.3. The minimum atomic E-state index is -0.935. The number of halogens is 1. The molecular weight excluding hydrogens is 308 g/mol. The van der Waals surface area contributed by atoms with Gasteiger partial charge in [0.1, 0.15) is 0 Å². The standard InChI is InChI=1S/C15H15ClN2O2S/c16-12-3-1-10(2-4-12)13-9-21-15(17-13)18-7-5-11(6-8-18)14(19)20/h1-4,9,11H,5-8H2,(H,19,20)/p-1. The summed E-state index contributed by atoms with van der Waals surface area (Å²) >= 11 is 7.47. The van der Waals surface area contributed by atoms with Gasteiger partial charge in [-0.25, -0.2) is 4.98 Å². The maximum absolute atomic E-state index is 10.9. The van der Waals surface area contributed by atoms with E-state index in [1.165, 1.54) is 0 Å². The van der Waals surface area contributed by atoms with Gasteiger partial charge in [-0.05, 0) is 25.0 Å². The summed E-state index contributed by atoms with van der Waals surface area (Å²) in [7, 11) is 0. The Morgan fingerprint density at radius 2 is 1.95 bits per heavy atom. The third kappa shape index (κ3) is 3.19. The van der Waals surface area contributed by atoms with Crippen LogP contribution in [0.5, 0.6) is 0 Å². The van der Waals surface area contributed by atoms with Crippen molar-refractivity contribution in [3.63, 3.8) is 0 Å². The van der Waals surface area contributed by atoms with Gasteiger partial charge in [-0.3, -0.25) is 0 Å². The van der Waals surface area contributed by atoms with Crippen LogP contribution in [-0.4, -0.2) is 24.0 Å². The first kappa shape index (κ1) is 14.4. The fraction of sp³-hybridized carbons (Fsp3) is 0.333. The molecule has 4 nitrogen and oxygen atoms in total. The number of rotatable bonds is 3. The first-order valence-corrected chi connectivity index (χ1v) is 8.06. The molecule has 3 rings (SSSR count). The molecule has 0 spiro atoms. The number of carboxylic acid groups (broad SMARTS) is 1. The van der Waals surface area contributed by atoms with Crippen LogP contribution in [0.1, 0.15) is 12.8 Å². The molecule has 0 radical (unpaired) electrons. The van der Waals surface area contributed by atoms with Crippen molar-refractivity contribution in [2.45, 2.75) is 12.8 Å². The molecule has 1 aliphatic rings. The van der Waals surface area contributed by atoms with E-state index in [0.29, 0.717) is 31.0 Å². The average Bonchev–Trinajstić information content (AvgIpc) is 2.98. The van der Waals surface area contributed by atoms with Crippen LogP contribution in [0.3, 0.4) is 0 Å². The fourth-order valence-corrected chi connectivity index (χ4v) is 3.48. The van der Waals surface area contributed by atoms with Crippen molar-refractivity contribution < 1.29 is 9.90 Å². The van der Waals surface area contributed by atoms with Crippen LogP contribution in [0.25, 0.3) is 11.3 Å². The Hall–Kier alpha value is -1.59. The molecule has 110 valence electrons. The molecule has 0 N–H and O–H groups in total. The minimum Gasteiger partial charge on any atom is -0.550 e. The number of aliphatic carboxylic acids is 1. The number of carbonyl (C=O) groups excluding carboxylic acids is 1. The molecule has 6 heteroatoms. The van der Waals surface area contributed by atoms with E-state index in [2.05, 4.69) is 9.88 Å². The van der Waals surface area contributed by atoms with Gasteiger partial charge < -0.3 is 14.8 Å².